The molecular formula is C11H15N3S2. The highest BCUT2D eigenvalue weighted by molar-refractivity contribution is 7.99. The van der Waals surface area contributed by atoms with E-state index < -0.39 is 0 Å². The van der Waals surface area contributed by atoms with E-state index in [0.717, 1.165) is 21.8 Å². The predicted octanol–water partition coefficient (Wildman–Crippen LogP) is 3.31. The Labute approximate surface area is 103 Å². The Morgan fingerprint density at radius 2 is 2.12 bits per heavy atom. The van der Waals surface area contributed by atoms with Crippen molar-refractivity contribution in [3.8, 4) is 0 Å². The normalized spacial score (nSPS) is 12.2. The van der Waals surface area contributed by atoms with Gasteiger partial charge in [0.15, 0.2) is 0 Å². The van der Waals surface area contributed by atoms with Crippen molar-refractivity contribution in [3.63, 3.8) is 0 Å². The molecule has 0 amide bonds. The Kier molecular flexibility index (Phi) is 3.08. The van der Waals surface area contributed by atoms with Crippen molar-refractivity contribution < 1.29 is 0 Å². The molecule has 5 heteroatoms. The van der Waals surface area contributed by atoms with Crippen molar-refractivity contribution in [1.29, 1.82) is 0 Å². The van der Waals surface area contributed by atoms with E-state index in [4.69, 9.17) is 5.73 Å². The van der Waals surface area contributed by atoms with Crippen LogP contribution in [0.15, 0.2) is 11.4 Å². The van der Waals surface area contributed by atoms with Gasteiger partial charge in [-0.15, -0.1) is 23.1 Å². The largest absolute Gasteiger partial charge is 0.383 e. The summed E-state index contributed by atoms with van der Waals surface area (Å²) in [4.78, 5) is 9.82. The molecule has 0 aliphatic heterocycles. The molecule has 0 aliphatic rings. The SMILES string of the molecule is CC(C)(C)SCc1nc(N)c2ccsc2n1. The van der Waals surface area contributed by atoms with Crippen molar-refractivity contribution >= 4 is 39.1 Å². The Balaban J connectivity index is 2.25. The summed E-state index contributed by atoms with van der Waals surface area (Å²) in [5, 5.41) is 2.96. The van der Waals surface area contributed by atoms with Crippen molar-refractivity contribution in [3.05, 3.63) is 17.3 Å². The highest BCUT2D eigenvalue weighted by atomic mass is 32.2. The fourth-order valence-electron chi connectivity index (χ4n) is 1.27. The van der Waals surface area contributed by atoms with E-state index in [1.165, 1.54) is 0 Å². The van der Waals surface area contributed by atoms with Gasteiger partial charge in [0.1, 0.15) is 16.5 Å². The number of aromatic nitrogens is 2. The maximum absolute atomic E-state index is 5.89. The quantitative estimate of drug-likeness (QED) is 0.892. The molecule has 0 saturated heterocycles. The van der Waals surface area contributed by atoms with E-state index in [-0.39, 0.29) is 4.75 Å². The number of rotatable bonds is 2. The molecule has 2 N–H and O–H groups in total. The van der Waals surface area contributed by atoms with E-state index in [2.05, 4.69) is 30.7 Å². The highest BCUT2D eigenvalue weighted by Crippen LogP contribution is 2.28. The third kappa shape index (κ3) is 2.65. The summed E-state index contributed by atoms with van der Waals surface area (Å²) in [6.45, 7) is 6.56. The Morgan fingerprint density at radius 3 is 2.81 bits per heavy atom. The zero-order valence-electron chi connectivity index (χ0n) is 9.65. The molecule has 0 spiro atoms. The third-order valence-corrected chi connectivity index (χ3v) is 4.11. The van der Waals surface area contributed by atoms with Crippen molar-refractivity contribution in [2.45, 2.75) is 31.3 Å². The lowest BCUT2D eigenvalue weighted by Gasteiger charge is -2.16. The monoisotopic (exact) mass is 253 g/mol. The van der Waals surface area contributed by atoms with Crippen LogP contribution in [0, 0.1) is 0 Å². The summed E-state index contributed by atoms with van der Waals surface area (Å²) in [6, 6.07) is 1.97. The molecule has 16 heavy (non-hydrogen) atoms. The van der Waals surface area contributed by atoms with Crippen LogP contribution in [-0.2, 0) is 5.75 Å². The van der Waals surface area contributed by atoms with Crippen LogP contribution < -0.4 is 5.73 Å². The zero-order chi connectivity index (χ0) is 11.8. The number of hydrogen-bond acceptors (Lipinski definition) is 5. The molecule has 0 saturated carbocycles. The molecule has 0 aromatic carbocycles. The number of thioether (sulfide) groups is 1. The first-order valence-electron chi connectivity index (χ1n) is 5.09. The average Bonchev–Trinajstić information content (AvgIpc) is 2.62. The van der Waals surface area contributed by atoms with Gasteiger partial charge in [0.05, 0.1) is 11.1 Å². The summed E-state index contributed by atoms with van der Waals surface area (Å²) in [5.41, 5.74) is 5.89. The molecule has 0 fully saturated rings. The van der Waals surface area contributed by atoms with Crippen molar-refractivity contribution in [2.24, 2.45) is 0 Å². The second-order valence-electron chi connectivity index (χ2n) is 4.57. The lowest BCUT2D eigenvalue weighted by molar-refractivity contribution is 0.800. The minimum atomic E-state index is 0.225. The van der Waals surface area contributed by atoms with Crippen LogP contribution in [0.1, 0.15) is 26.6 Å². The number of nitrogens with two attached hydrogens (primary N) is 1. The van der Waals surface area contributed by atoms with Gasteiger partial charge in [-0.2, -0.15) is 0 Å². The van der Waals surface area contributed by atoms with E-state index in [1.807, 2.05) is 23.2 Å². The number of fused-ring (bicyclic) bond motifs is 1. The van der Waals surface area contributed by atoms with Gasteiger partial charge in [-0.25, -0.2) is 9.97 Å². The van der Waals surface area contributed by atoms with Gasteiger partial charge in [-0.3, -0.25) is 0 Å². The molecule has 0 atom stereocenters. The summed E-state index contributed by atoms with van der Waals surface area (Å²) in [6.07, 6.45) is 0. The summed E-state index contributed by atoms with van der Waals surface area (Å²) >= 11 is 3.44. The fourth-order valence-corrected chi connectivity index (χ4v) is 2.75. The molecule has 2 heterocycles. The lowest BCUT2D eigenvalue weighted by Crippen LogP contribution is -2.09. The van der Waals surface area contributed by atoms with Gasteiger partial charge in [0.2, 0.25) is 0 Å². The predicted molar refractivity (Wildman–Crippen MR) is 72.9 cm³/mol. The van der Waals surface area contributed by atoms with Gasteiger partial charge in [0.25, 0.3) is 0 Å². The van der Waals surface area contributed by atoms with Crippen LogP contribution in [0.5, 0.6) is 0 Å². The molecule has 0 aliphatic carbocycles. The molecule has 2 aromatic heterocycles. The first-order valence-corrected chi connectivity index (χ1v) is 6.96. The van der Waals surface area contributed by atoms with Gasteiger partial charge in [-0.1, -0.05) is 20.8 Å². The average molecular weight is 253 g/mol. The molecule has 0 radical (unpaired) electrons. The Bertz CT molecular complexity index is 499. The maximum Gasteiger partial charge on any atom is 0.142 e. The molecule has 0 bridgehead atoms. The smallest absolute Gasteiger partial charge is 0.142 e. The van der Waals surface area contributed by atoms with Crippen LogP contribution in [-0.4, -0.2) is 14.7 Å². The number of hydrogen-bond donors (Lipinski definition) is 1. The van der Waals surface area contributed by atoms with E-state index >= 15 is 0 Å². The van der Waals surface area contributed by atoms with E-state index in [0.29, 0.717) is 5.82 Å². The molecular weight excluding hydrogens is 238 g/mol. The second kappa shape index (κ2) is 4.22. The summed E-state index contributed by atoms with van der Waals surface area (Å²) in [7, 11) is 0. The van der Waals surface area contributed by atoms with Crippen LogP contribution in [0.3, 0.4) is 0 Å². The van der Waals surface area contributed by atoms with Crippen LogP contribution in [0.25, 0.3) is 10.2 Å². The van der Waals surface area contributed by atoms with Crippen LogP contribution in [0.2, 0.25) is 0 Å². The number of nitrogen functional groups attached to an aromatic ring is 1. The third-order valence-electron chi connectivity index (χ3n) is 2.04. The number of anilines is 1. The highest BCUT2D eigenvalue weighted by Gasteiger charge is 2.13. The molecule has 2 rings (SSSR count). The van der Waals surface area contributed by atoms with Gasteiger partial charge >= 0.3 is 0 Å². The molecule has 86 valence electrons. The lowest BCUT2D eigenvalue weighted by atomic mass is 10.3. The van der Waals surface area contributed by atoms with Crippen LogP contribution in [0.4, 0.5) is 5.82 Å². The van der Waals surface area contributed by atoms with E-state index in [9.17, 15) is 0 Å². The molecule has 3 nitrogen and oxygen atoms in total. The summed E-state index contributed by atoms with van der Waals surface area (Å²) < 4.78 is 0.225. The molecule has 0 unspecified atom stereocenters. The first kappa shape index (κ1) is 11.7. The topological polar surface area (TPSA) is 51.8 Å². The minimum Gasteiger partial charge on any atom is -0.383 e. The first-order chi connectivity index (χ1) is 7.46. The summed E-state index contributed by atoms with van der Waals surface area (Å²) in [5.74, 6) is 2.23. The van der Waals surface area contributed by atoms with Gasteiger partial charge in [0, 0.05) is 4.75 Å². The second-order valence-corrected chi connectivity index (χ2v) is 7.26. The fraction of sp³-hybridized carbons (Fsp3) is 0.455. The zero-order valence-corrected chi connectivity index (χ0v) is 11.3. The van der Waals surface area contributed by atoms with Crippen molar-refractivity contribution in [2.75, 3.05) is 5.73 Å². The van der Waals surface area contributed by atoms with E-state index in [1.54, 1.807) is 11.3 Å². The maximum atomic E-state index is 5.89. The van der Waals surface area contributed by atoms with Crippen molar-refractivity contribution in [1.82, 2.24) is 9.97 Å². The van der Waals surface area contributed by atoms with Gasteiger partial charge < -0.3 is 5.73 Å². The standard InChI is InChI=1S/C11H15N3S2/c1-11(2,3)16-6-8-13-9(12)7-4-5-15-10(7)14-8/h4-5H,6H2,1-3H3,(H2,12,13,14). The number of thiophene rings is 1. The minimum absolute atomic E-state index is 0.225. The number of nitrogens with zero attached hydrogens (tertiary/aromatic N) is 2. The Hall–Kier alpha value is -0.810. The van der Waals surface area contributed by atoms with Crippen LogP contribution >= 0.6 is 23.1 Å². The van der Waals surface area contributed by atoms with Gasteiger partial charge in [-0.05, 0) is 11.4 Å². The molecule has 2 aromatic rings. The Morgan fingerprint density at radius 1 is 1.38 bits per heavy atom.